The maximum Gasteiger partial charge on any atom is 0.293 e. The largest absolute Gasteiger partial charge is 0.388 e. The van der Waals surface area contributed by atoms with Gasteiger partial charge < -0.3 is 10.0 Å². The Hall–Kier alpha value is -1.43. The van der Waals surface area contributed by atoms with Gasteiger partial charge in [-0.2, -0.15) is 0 Å². The lowest BCUT2D eigenvalue weighted by Crippen LogP contribution is -2.42. The van der Waals surface area contributed by atoms with Crippen LogP contribution in [-0.2, 0) is 0 Å². The highest BCUT2D eigenvalue weighted by Crippen LogP contribution is 2.30. The van der Waals surface area contributed by atoms with Gasteiger partial charge in [0, 0.05) is 13.6 Å². The number of hydrogen-bond acceptors (Lipinski definition) is 4. The van der Waals surface area contributed by atoms with Crippen molar-refractivity contribution >= 4 is 5.91 Å². The van der Waals surface area contributed by atoms with Crippen molar-refractivity contribution < 1.29 is 9.90 Å². The number of nitrogens with zero attached hydrogens (tertiary/aromatic N) is 3. The molecule has 1 heterocycles. The molecule has 1 aliphatic rings. The summed E-state index contributed by atoms with van der Waals surface area (Å²) >= 11 is 0. The number of aryl methyl sites for hydroxylation is 1. The smallest absolute Gasteiger partial charge is 0.293 e. The molecule has 6 heteroatoms. The fourth-order valence-corrected chi connectivity index (χ4v) is 2.31. The van der Waals surface area contributed by atoms with Gasteiger partial charge in [0.1, 0.15) is 5.82 Å². The van der Waals surface area contributed by atoms with Gasteiger partial charge in [0.2, 0.25) is 5.82 Å². The van der Waals surface area contributed by atoms with Gasteiger partial charge in [0.25, 0.3) is 5.91 Å². The number of aliphatic hydroxyl groups is 1. The van der Waals surface area contributed by atoms with Crippen LogP contribution in [0.3, 0.4) is 0 Å². The topological polar surface area (TPSA) is 82.1 Å². The summed E-state index contributed by atoms with van der Waals surface area (Å²) in [4.78, 5) is 17.4. The molecule has 1 aliphatic carbocycles. The third kappa shape index (κ3) is 2.63. The zero-order valence-electron chi connectivity index (χ0n) is 10.2. The summed E-state index contributed by atoms with van der Waals surface area (Å²) in [6, 6.07) is 0. The normalized spacial score (nSPS) is 18.3. The number of amides is 1. The van der Waals surface area contributed by atoms with Crippen molar-refractivity contribution in [2.45, 2.75) is 38.2 Å². The highest BCUT2D eigenvalue weighted by Gasteiger charge is 2.34. The minimum absolute atomic E-state index is 0.159. The molecule has 1 aromatic rings. The fraction of sp³-hybridized carbons (Fsp3) is 0.727. The summed E-state index contributed by atoms with van der Waals surface area (Å²) in [6.45, 7) is 2.09. The molecule has 1 aromatic heterocycles. The summed E-state index contributed by atoms with van der Waals surface area (Å²) < 4.78 is 0. The molecular formula is C11H18N4O2. The molecule has 6 nitrogen and oxygen atoms in total. The molecule has 0 aromatic carbocycles. The summed E-state index contributed by atoms with van der Waals surface area (Å²) in [7, 11) is 1.67. The molecule has 94 valence electrons. The molecule has 1 saturated carbocycles. The Kier molecular flexibility index (Phi) is 3.15. The lowest BCUT2D eigenvalue weighted by molar-refractivity contribution is 0.0153. The maximum atomic E-state index is 12.0. The summed E-state index contributed by atoms with van der Waals surface area (Å²) in [5.41, 5.74) is -0.726. The van der Waals surface area contributed by atoms with Gasteiger partial charge in [0.15, 0.2) is 0 Å². The second kappa shape index (κ2) is 4.44. The molecule has 1 amide bonds. The van der Waals surface area contributed by atoms with Crippen LogP contribution >= 0.6 is 0 Å². The van der Waals surface area contributed by atoms with Crippen molar-refractivity contribution in [1.29, 1.82) is 0 Å². The van der Waals surface area contributed by atoms with Crippen molar-refractivity contribution in [2.24, 2.45) is 0 Å². The molecule has 0 aliphatic heterocycles. The van der Waals surface area contributed by atoms with Crippen LogP contribution in [0.2, 0.25) is 0 Å². The predicted molar refractivity (Wildman–Crippen MR) is 61.5 cm³/mol. The lowest BCUT2D eigenvalue weighted by atomic mass is 10.0. The first kappa shape index (κ1) is 12.0. The average Bonchev–Trinajstić information content (AvgIpc) is 2.86. The average molecular weight is 238 g/mol. The van der Waals surface area contributed by atoms with E-state index in [4.69, 9.17) is 0 Å². The van der Waals surface area contributed by atoms with Crippen molar-refractivity contribution in [1.82, 2.24) is 20.1 Å². The van der Waals surface area contributed by atoms with Gasteiger partial charge in [-0.3, -0.25) is 9.89 Å². The van der Waals surface area contributed by atoms with Gasteiger partial charge in [0.05, 0.1) is 5.60 Å². The Morgan fingerprint density at radius 1 is 1.53 bits per heavy atom. The van der Waals surface area contributed by atoms with Crippen LogP contribution in [0.15, 0.2) is 0 Å². The SMILES string of the molecule is Cc1nc(C(=O)N(C)CC2(O)CCCC2)n[nH]1. The third-order valence-corrected chi connectivity index (χ3v) is 3.20. The van der Waals surface area contributed by atoms with Crippen LogP contribution in [0.5, 0.6) is 0 Å². The van der Waals surface area contributed by atoms with Crippen molar-refractivity contribution in [2.75, 3.05) is 13.6 Å². The molecule has 17 heavy (non-hydrogen) atoms. The molecule has 2 N–H and O–H groups in total. The second-order valence-corrected chi connectivity index (χ2v) is 4.84. The second-order valence-electron chi connectivity index (χ2n) is 4.84. The van der Waals surface area contributed by atoms with Crippen molar-refractivity contribution in [3.63, 3.8) is 0 Å². The number of aromatic nitrogens is 3. The first-order chi connectivity index (χ1) is 8.00. The van der Waals surface area contributed by atoms with E-state index in [1.165, 1.54) is 4.90 Å². The first-order valence-electron chi connectivity index (χ1n) is 5.87. The Labute approximate surface area is 100 Å². The van der Waals surface area contributed by atoms with E-state index in [9.17, 15) is 9.90 Å². The molecule has 0 unspecified atom stereocenters. The molecule has 0 radical (unpaired) electrons. The minimum Gasteiger partial charge on any atom is -0.388 e. The molecular weight excluding hydrogens is 220 g/mol. The van der Waals surface area contributed by atoms with Gasteiger partial charge in [-0.15, -0.1) is 5.10 Å². The zero-order valence-corrected chi connectivity index (χ0v) is 10.2. The monoisotopic (exact) mass is 238 g/mol. The van der Waals surface area contributed by atoms with Crippen molar-refractivity contribution in [3.8, 4) is 0 Å². The van der Waals surface area contributed by atoms with Crippen LogP contribution < -0.4 is 0 Å². The summed E-state index contributed by atoms with van der Waals surface area (Å²) in [6.07, 6.45) is 3.58. The van der Waals surface area contributed by atoms with E-state index in [1.807, 2.05) is 0 Å². The number of hydrogen-bond donors (Lipinski definition) is 2. The first-order valence-corrected chi connectivity index (χ1v) is 5.87. The number of nitrogens with one attached hydrogen (secondary N) is 1. The van der Waals surface area contributed by atoms with E-state index >= 15 is 0 Å². The lowest BCUT2D eigenvalue weighted by Gasteiger charge is -2.27. The maximum absolute atomic E-state index is 12.0. The molecule has 0 spiro atoms. The number of H-pyrrole nitrogens is 1. The van der Waals surface area contributed by atoms with E-state index in [0.29, 0.717) is 12.4 Å². The molecule has 0 bridgehead atoms. The van der Waals surface area contributed by atoms with Gasteiger partial charge in [-0.1, -0.05) is 12.8 Å². The molecule has 2 rings (SSSR count). The Balaban J connectivity index is 2.00. The van der Waals surface area contributed by atoms with E-state index in [-0.39, 0.29) is 11.7 Å². The van der Waals surface area contributed by atoms with Crippen LogP contribution in [0, 0.1) is 6.92 Å². The Morgan fingerprint density at radius 2 is 2.18 bits per heavy atom. The van der Waals surface area contributed by atoms with Crippen LogP contribution in [0.4, 0.5) is 0 Å². The Morgan fingerprint density at radius 3 is 2.71 bits per heavy atom. The minimum atomic E-state index is -0.726. The highest BCUT2D eigenvalue weighted by molar-refractivity contribution is 5.90. The van der Waals surface area contributed by atoms with E-state index < -0.39 is 5.60 Å². The third-order valence-electron chi connectivity index (χ3n) is 3.20. The quantitative estimate of drug-likeness (QED) is 0.803. The standard InChI is InChI=1S/C11H18N4O2/c1-8-12-9(14-13-8)10(16)15(2)7-11(17)5-3-4-6-11/h17H,3-7H2,1-2H3,(H,12,13,14). The Bertz CT molecular complexity index is 409. The highest BCUT2D eigenvalue weighted by atomic mass is 16.3. The fourth-order valence-electron chi connectivity index (χ4n) is 2.31. The zero-order chi connectivity index (χ0) is 12.5. The van der Waals surface area contributed by atoms with Crippen molar-refractivity contribution in [3.05, 3.63) is 11.6 Å². The predicted octanol–water partition coefficient (Wildman–Crippen LogP) is 0.490. The number of carbonyl (C=O) groups is 1. The van der Waals surface area contributed by atoms with Gasteiger partial charge in [-0.25, -0.2) is 4.98 Å². The van der Waals surface area contributed by atoms with Crippen LogP contribution in [0.25, 0.3) is 0 Å². The van der Waals surface area contributed by atoms with E-state index in [2.05, 4.69) is 15.2 Å². The molecule has 0 atom stereocenters. The molecule has 1 fully saturated rings. The molecule has 0 saturated heterocycles. The number of carbonyl (C=O) groups excluding carboxylic acids is 1. The van der Waals surface area contributed by atoms with Crippen LogP contribution in [0.1, 0.15) is 42.1 Å². The van der Waals surface area contributed by atoms with Gasteiger partial charge in [-0.05, 0) is 19.8 Å². The van der Waals surface area contributed by atoms with Gasteiger partial charge >= 0.3 is 0 Å². The van der Waals surface area contributed by atoms with E-state index in [0.717, 1.165) is 25.7 Å². The summed E-state index contributed by atoms with van der Waals surface area (Å²) in [5.74, 6) is 0.516. The summed E-state index contributed by atoms with van der Waals surface area (Å²) in [5, 5.41) is 16.7. The number of likely N-dealkylation sites (N-methyl/N-ethyl adjacent to an activating group) is 1. The van der Waals surface area contributed by atoms with Crippen LogP contribution in [-0.4, -0.2) is 50.3 Å². The number of aromatic amines is 1. The van der Waals surface area contributed by atoms with E-state index in [1.54, 1.807) is 14.0 Å². The number of rotatable bonds is 3.